The molecule has 0 amide bonds. The summed E-state index contributed by atoms with van der Waals surface area (Å²) in [5.74, 6) is 0.827. The topological polar surface area (TPSA) is 44.8 Å². The minimum Gasteiger partial charge on any atom is -0.466 e. The Kier molecular flexibility index (Phi) is 4.28. The molecule has 0 aliphatic carbocycles. The lowest BCUT2D eigenvalue weighted by molar-refractivity contribution is -0.144. The molecule has 0 fully saturated rings. The van der Waals surface area contributed by atoms with Gasteiger partial charge in [-0.1, -0.05) is 36.4 Å². The van der Waals surface area contributed by atoms with Gasteiger partial charge in [-0.15, -0.1) is 0 Å². The van der Waals surface area contributed by atoms with Gasteiger partial charge in [-0.25, -0.2) is 0 Å². The monoisotopic (exact) mass is 298 g/mol. The predicted octanol–water partition coefficient (Wildman–Crippen LogP) is 3.30. The average molecular weight is 298 g/mol. The van der Waals surface area contributed by atoms with Gasteiger partial charge in [-0.3, -0.25) is 4.79 Å². The van der Waals surface area contributed by atoms with Crippen LogP contribution in [-0.4, -0.2) is 19.4 Å². The molecule has 0 N–H and O–H groups in total. The number of ether oxygens (including phenoxy) is 3. The number of rotatable bonds is 5. The molecule has 3 rings (SSSR count). The van der Waals surface area contributed by atoms with Crippen LogP contribution in [0.5, 0.6) is 11.5 Å². The van der Waals surface area contributed by atoms with E-state index in [1.165, 1.54) is 0 Å². The second kappa shape index (κ2) is 6.52. The van der Waals surface area contributed by atoms with Gasteiger partial charge in [0.15, 0.2) is 11.5 Å². The van der Waals surface area contributed by atoms with E-state index in [1.807, 2.05) is 55.5 Å². The number of carbonyl (C=O) groups is 1. The van der Waals surface area contributed by atoms with Crippen molar-refractivity contribution < 1.29 is 19.0 Å². The van der Waals surface area contributed by atoms with Crippen LogP contribution in [0.25, 0.3) is 0 Å². The van der Waals surface area contributed by atoms with Crippen LogP contribution < -0.4 is 9.47 Å². The molecule has 0 bridgehead atoms. The van der Waals surface area contributed by atoms with E-state index in [9.17, 15) is 4.79 Å². The highest BCUT2D eigenvalue weighted by Gasteiger charge is 2.25. The maximum atomic E-state index is 12.4. The summed E-state index contributed by atoms with van der Waals surface area (Å²) in [5, 5.41) is 0. The number of hydrogen-bond acceptors (Lipinski definition) is 4. The molecular formula is C18H18O4. The highest BCUT2D eigenvalue weighted by molar-refractivity contribution is 5.79. The van der Waals surface area contributed by atoms with Gasteiger partial charge in [0, 0.05) is 0 Å². The number of benzene rings is 2. The first kappa shape index (κ1) is 14.4. The molecule has 1 heterocycles. The molecule has 1 atom stereocenters. The standard InChI is InChI=1S/C18H18O4/c1-2-20-18(19)15(10-13-6-4-3-5-7-13)14-8-9-16-17(11-14)22-12-21-16/h3-9,11,15H,2,10,12H2,1H3. The van der Waals surface area contributed by atoms with Gasteiger partial charge in [0.25, 0.3) is 0 Å². The van der Waals surface area contributed by atoms with Crippen LogP contribution in [0.15, 0.2) is 48.5 Å². The van der Waals surface area contributed by atoms with Crippen molar-refractivity contribution in [1.82, 2.24) is 0 Å². The summed E-state index contributed by atoms with van der Waals surface area (Å²) in [4.78, 5) is 12.4. The average Bonchev–Trinajstić information content (AvgIpc) is 3.01. The fourth-order valence-corrected chi connectivity index (χ4v) is 2.56. The van der Waals surface area contributed by atoms with Gasteiger partial charge in [-0.2, -0.15) is 0 Å². The van der Waals surface area contributed by atoms with Crippen LogP contribution in [0.2, 0.25) is 0 Å². The van der Waals surface area contributed by atoms with E-state index in [2.05, 4.69) is 0 Å². The molecule has 2 aromatic carbocycles. The van der Waals surface area contributed by atoms with E-state index in [1.54, 1.807) is 0 Å². The molecule has 2 aromatic rings. The van der Waals surface area contributed by atoms with Crippen LogP contribution in [-0.2, 0) is 16.0 Å². The number of esters is 1. The van der Waals surface area contributed by atoms with Crippen LogP contribution in [0.4, 0.5) is 0 Å². The van der Waals surface area contributed by atoms with Gasteiger partial charge in [0.2, 0.25) is 6.79 Å². The first-order chi connectivity index (χ1) is 10.8. The fraction of sp³-hybridized carbons (Fsp3) is 0.278. The summed E-state index contributed by atoms with van der Waals surface area (Å²) in [7, 11) is 0. The second-order valence-electron chi connectivity index (χ2n) is 5.11. The van der Waals surface area contributed by atoms with Crippen LogP contribution >= 0.6 is 0 Å². The van der Waals surface area contributed by atoms with Gasteiger partial charge < -0.3 is 14.2 Å². The Morgan fingerprint density at radius 2 is 1.91 bits per heavy atom. The molecule has 1 aliphatic rings. The molecule has 1 unspecified atom stereocenters. The summed E-state index contributed by atoms with van der Waals surface area (Å²) in [5.41, 5.74) is 1.98. The van der Waals surface area contributed by atoms with Crippen molar-refractivity contribution >= 4 is 5.97 Å². The van der Waals surface area contributed by atoms with Gasteiger partial charge in [-0.05, 0) is 36.6 Å². The summed E-state index contributed by atoms with van der Waals surface area (Å²) in [6, 6.07) is 15.5. The lowest BCUT2D eigenvalue weighted by Crippen LogP contribution is -2.18. The Morgan fingerprint density at radius 1 is 1.14 bits per heavy atom. The molecule has 4 heteroatoms. The van der Waals surface area contributed by atoms with Crippen molar-refractivity contribution in [2.45, 2.75) is 19.3 Å². The predicted molar refractivity (Wildman–Crippen MR) is 82.1 cm³/mol. The molecule has 114 valence electrons. The van der Waals surface area contributed by atoms with Crippen molar-refractivity contribution in [3.05, 3.63) is 59.7 Å². The van der Waals surface area contributed by atoms with E-state index >= 15 is 0 Å². The maximum Gasteiger partial charge on any atom is 0.313 e. The van der Waals surface area contributed by atoms with Gasteiger partial charge in [0.1, 0.15) is 0 Å². The Morgan fingerprint density at radius 3 is 2.68 bits per heavy atom. The fourth-order valence-electron chi connectivity index (χ4n) is 2.56. The van der Waals surface area contributed by atoms with E-state index in [-0.39, 0.29) is 18.7 Å². The third kappa shape index (κ3) is 3.06. The summed E-state index contributed by atoms with van der Waals surface area (Å²) in [6.07, 6.45) is 0.597. The largest absolute Gasteiger partial charge is 0.466 e. The molecule has 22 heavy (non-hydrogen) atoms. The third-order valence-electron chi connectivity index (χ3n) is 3.65. The van der Waals surface area contributed by atoms with Crippen molar-refractivity contribution in [2.75, 3.05) is 13.4 Å². The van der Waals surface area contributed by atoms with Crippen LogP contribution in [0, 0.1) is 0 Å². The van der Waals surface area contributed by atoms with E-state index in [0.29, 0.717) is 24.5 Å². The van der Waals surface area contributed by atoms with Crippen molar-refractivity contribution in [3.63, 3.8) is 0 Å². The lowest BCUT2D eigenvalue weighted by atomic mass is 9.91. The van der Waals surface area contributed by atoms with Crippen molar-refractivity contribution in [3.8, 4) is 11.5 Å². The molecule has 4 nitrogen and oxygen atoms in total. The maximum absolute atomic E-state index is 12.4. The number of fused-ring (bicyclic) bond motifs is 1. The van der Waals surface area contributed by atoms with Crippen LogP contribution in [0.1, 0.15) is 24.0 Å². The summed E-state index contributed by atoms with van der Waals surface area (Å²) in [6.45, 7) is 2.41. The zero-order valence-electron chi connectivity index (χ0n) is 12.5. The highest BCUT2D eigenvalue weighted by atomic mass is 16.7. The molecule has 1 aliphatic heterocycles. The van der Waals surface area contributed by atoms with E-state index in [0.717, 1.165) is 11.1 Å². The minimum absolute atomic E-state index is 0.217. The van der Waals surface area contributed by atoms with Crippen molar-refractivity contribution in [1.29, 1.82) is 0 Å². The summed E-state index contributed by atoms with van der Waals surface area (Å²) >= 11 is 0. The molecular weight excluding hydrogens is 280 g/mol. The molecule has 0 aromatic heterocycles. The van der Waals surface area contributed by atoms with E-state index < -0.39 is 0 Å². The van der Waals surface area contributed by atoms with Crippen molar-refractivity contribution in [2.24, 2.45) is 0 Å². The van der Waals surface area contributed by atoms with Crippen LogP contribution in [0.3, 0.4) is 0 Å². The quantitative estimate of drug-likeness (QED) is 0.794. The summed E-state index contributed by atoms with van der Waals surface area (Å²) < 4.78 is 16.0. The molecule has 0 spiro atoms. The van der Waals surface area contributed by atoms with E-state index in [4.69, 9.17) is 14.2 Å². The zero-order valence-corrected chi connectivity index (χ0v) is 12.5. The Labute approximate surface area is 129 Å². The first-order valence-corrected chi connectivity index (χ1v) is 7.38. The second-order valence-corrected chi connectivity index (χ2v) is 5.11. The molecule has 0 radical (unpaired) electrons. The number of carbonyl (C=O) groups excluding carboxylic acids is 1. The smallest absolute Gasteiger partial charge is 0.313 e. The highest BCUT2D eigenvalue weighted by Crippen LogP contribution is 2.35. The Hall–Kier alpha value is -2.49. The molecule has 0 saturated carbocycles. The Balaban J connectivity index is 1.89. The van der Waals surface area contributed by atoms with Gasteiger partial charge in [0.05, 0.1) is 12.5 Å². The number of hydrogen-bond donors (Lipinski definition) is 0. The zero-order chi connectivity index (χ0) is 15.4. The Bertz CT molecular complexity index is 651. The normalized spacial score (nSPS) is 13.7. The third-order valence-corrected chi connectivity index (χ3v) is 3.65. The molecule has 0 saturated heterocycles. The lowest BCUT2D eigenvalue weighted by Gasteiger charge is -2.16. The SMILES string of the molecule is CCOC(=O)C(Cc1ccccc1)c1ccc2c(c1)OCO2. The minimum atomic E-state index is -0.350. The first-order valence-electron chi connectivity index (χ1n) is 7.38. The van der Waals surface area contributed by atoms with Gasteiger partial charge >= 0.3 is 5.97 Å².